The van der Waals surface area contributed by atoms with Crippen LogP contribution in [0.3, 0.4) is 0 Å². The minimum atomic E-state index is -0.0645. The third kappa shape index (κ3) is 4.15. The van der Waals surface area contributed by atoms with Crippen LogP contribution in [0.5, 0.6) is 0 Å². The van der Waals surface area contributed by atoms with E-state index in [2.05, 4.69) is 5.32 Å². The fraction of sp³-hybridized carbons (Fsp3) is 0.214. The molecule has 100 valence electrons. The smallest absolute Gasteiger partial charge is 0.221 e. The van der Waals surface area contributed by atoms with Crippen molar-refractivity contribution < 1.29 is 9.21 Å². The number of benzene rings is 1. The summed E-state index contributed by atoms with van der Waals surface area (Å²) in [5.41, 5.74) is 6.30. The zero-order valence-corrected chi connectivity index (χ0v) is 11.5. The third-order valence-electron chi connectivity index (χ3n) is 2.47. The molecule has 1 amide bonds. The lowest BCUT2D eigenvalue weighted by molar-refractivity contribution is -0.114. The molecule has 5 heteroatoms. The topological polar surface area (TPSA) is 68.3 Å². The lowest BCUT2D eigenvalue weighted by Crippen LogP contribution is -2.05. The van der Waals surface area contributed by atoms with E-state index in [0.717, 1.165) is 27.9 Å². The van der Waals surface area contributed by atoms with Gasteiger partial charge in [0.1, 0.15) is 11.5 Å². The average Bonchev–Trinajstić information content (AvgIpc) is 2.85. The van der Waals surface area contributed by atoms with Crippen molar-refractivity contribution in [1.82, 2.24) is 0 Å². The second-order valence-corrected chi connectivity index (χ2v) is 5.12. The second kappa shape index (κ2) is 6.45. The number of nitrogens with two attached hydrogens (primary N) is 1. The van der Waals surface area contributed by atoms with Crippen LogP contribution in [0, 0.1) is 0 Å². The van der Waals surface area contributed by atoms with Crippen LogP contribution in [0.1, 0.15) is 18.4 Å². The Morgan fingerprint density at radius 1 is 1.21 bits per heavy atom. The van der Waals surface area contributed by atoms with Gasteiger partial charge in [-0.1, -0.05) is 0 Å². The SMILES string of the molecule is CC(=O)Nc1ccc(SCc2ccc(CN)o2)cc1. The summed E-state index contributed by atoms with van der Waals surface area (Å²) in [5.74, 6) is 2.41. The van der Waals surface area contributed by atoms with E-state index in [9.17, 15) is 4.79 Å². The van der Waals surface area contributed by atoms with Crippen LogP contribution in [0.15, 0.2) is 45.7 Å². The minimum Gasteiger partial charge on any atom is -0.464 e. The highest BCUT2D eigenvalue weighted by molar-refractivity contribution is 7.98. The molecule has 1 aromatic heterocycles. The molecule has 0 radical (unpaired) electrons. The molecule has 0 aliphatic rings. The maximum absolute atomic E-state index is 10.9. The van der Waals surface area contributed by atoms with E-state index >= 15 is 0 Å². The molecule has 0 atom stereocenters. The summed E-state index contributed by atoms with van der Waals surface area (Å²) in [4.78, 5) is 12.0. The summed E-state index contributed by atoms with van der Waals surface area (Å²) in [6.45, 7) is 1.92. The van der Waals surface area contributed by atoms with Gasteiger partial charge in [-0.15, -0.1) is 11.8 Å². The highest BCUT2D eigenvalue weighted by Gasteiger charge is 2.02. The van der Waals surface area contributed by atoms with E-state index in [1.54, 1.807) is 11.8 Å². The largest absolute Gasteiger partial charge is 0.464 e. The van der Waals surface area contributed by atoms with Crippen LogP contribution in [0.4, 0.5) is 5.69 Å². The first-order valence-electron chi connectivity index (χ1n) is 5.95. The van der Waals surface area contributed by atoms with Crippen LogP contribution >= 0.6 is 11.8 Å². The Balaban J connectivity index is 1.90. The van der Waals surface area contributed by atoms with Gasteiger partial charge in [-0.05, 0) is 36.4 Å². The number of hydrogen-bond acceptors (Lipinski definition) is 4. The van der Waals surface area contributed by atoms with Gasteiger partial charge in [-0.25, -0.2) is 0 Å². The van der Waals surface area contributed by atoms with E-state index in [1.165, 1.54) is 6.92 Å². The van der Waals surface area contributed by atoms with E-state index in [0.29, 0.717) is 6.54 Å². The summed E-state index contributed by atoms with van der Waals surface area (Å²) >= 11 is 1.68. The van der Waals surface area contributed by atoms with Crippen molar-refractivity contribution in [3.8, 4) is 0 Å². The lowest BCUT2D eigenvalue weighted by atomic mass is 10.3. The number of thioether (sulfide) groups is 1. The third-order valence-corrected chi connectivity index (χ3v) is 3.51. The number of anilines is 1. The summed E-state index contributed by atoms with van der Waals surface area (Å²) in [7, 11) is 0. The molecule has 0 aliphatic heterocycles. The van der Waals surface area contributed by atoms with Crippen molar-refractivity contribution in [1.29, 1.82) is 0 Å². The summed E-state index contributed by atoms with van der Waals surface area (Å²) in [6, 6.07) is 11.6. The van der Waals surface area contributed by atoms with Crippen LogP contribution < -0.4 is 11.1 Å². The molecular weight excluding hydrogens is 260 g/mol. The van der Waals surface area contributed by atoms with Crippen LogP contribution in [0.25, 0.3) is 0 Å². The van der Waals surface area contributed by atoms with Crippen LogP contribution in [-0.2, 0) is 17.1 Å². The fourth-order valence-corrected chi connectivity index (χ4v) is 2.39. The normalized spacial score (nSPS) is 10.4. The van der Waals surface area contributed by atoms with E-state index in [-0.39, 0.29) is 5.91 Å². The zero-order chi connectivity index (χ0) is 13.7. The van der Waals surface area contributed by atoms with Gasteiger partial charge >= 0.3 is 0 Å². The van der Waals surface area contributed by atoms with Gasteiger partial charge in [0, 0.05) is 17.5 Å². The van der Waals surface area contributed by atoms with Crippen molar-refractivity contribution in [2.45, 2.75) is 24.1 Å². The van der Waals surface area contributed by atoms with E-state index in [4.69, 9.17) is 10.2 Å². The Hall–Kier alpha value is -1.72. The molecular formula is C14H16N2O2S. The molecule has 19 heavy (non-hydrogen) atoms. The first-order chi connectivity index (χ1) is 9.17. The molecule has 0 bridgehead atoms. The molecule has 0 fully saturated rings. The van der Waals surface area contributed by atoms with E-state index < -0.39 is 0 Å². The number of carbonyl (C=O) groups excluding carboxylic acids is 1. The van der Waals surface area contributed by atoms with Gasteiger partial charge in [0.05, 0.1) is 12.3 Å². The maximum Gasteiger partial charge on any atom is 0.221 e. The molecule has 1 aromatic carbocycles. The summed E-state index contributed by atoms with van der Waals surface area (Å²) in [6.07, 6.45) is 0. The predicted octanol–water partition coefficient (Wildman–Crippen LogP) is 2.99. The first kappa shape index (κ1) is 13.7. The molecule has 0 unspecified atom stereocenters. The zero-order valence-electron chi connectivity index (χ0n) is 10.7. The number of carbonyl (C=O) groups is 1. The second-order valence-electron chi connectivity index (χ2n) is 4.07. The number of nitrogens with one attached hydrogen (secondary N) is 1. The molecule has 0 aliphatic carbocycles. The number of rotatable bonds is 5. The number of furan rings is 1. The molecule has 3 N–H and O–H groups in total. The molecule has 1 heterocycles. The minimum absolute atomic E-state index is 0.0645. The van der Waals surface area contributed by atoms with Crippen LogP contribution in [0.2, 0.25) is 0 Å². The van der Waals surface area contributed by atoms with Crippen molar-refractivity contribution >= 4 is 23.4 Å². The molecule has 0 saturated carbocycles. The van der Waals surface area contributed by atoms with E-state index in [1.807, 2.05) is 36.4 Å². The molecule has 4 nitrogen and oxygen atoms in total. The lowest BCUT2D eigenvalue weighted by Gasteiger charge is -2.03. The summed E-state index contributed by atoms with van der Waals surface area (Å²) < 4.78 is 5.53. The molecule has 2 rings (SSSR count). The maximum atomic E-state index is 10.9. The van der Waals surface area contributed by atoms with Crippen molar-refractivity contribution in [3.63, 3.8) is 0 Å². The van der Waals surface area contributed by atoms with Gasteiger partial charge in [0.25, 0.3) is 0 Å². The van der Waals surface area contributed by atoms with Gasteiger partial charge in [0.2, 0.25) is 5.91 Å². The van der Waals surface area contributed by atoms with Crippen LogP contribution in [-0.4, -0.2) is 5.91 Å². The molecule has 2 aromatic rings. The molecule has 0 saturated heterocycles. The fourth-order valence-electron chi connectivity index (χ4n) is 1.60. The van der Waals surface area contributed by atoms with Gasteiger partial charge < -0.3 is 15.5 Å². The Labute approximate surface area is 116 Å². The van der Waals surface area contributed by atoms with Gasteiger partial charge in [-0.3, -0.25) is 4.79 Å². The van der Waals surface area contributed by atoms with Gasteiger partial charge in [0.15, 0.2) is 0 Å². The van der Waals surface area contributed by atoms with Crippen molar-refractivity contribution in [2.75, 3.05) is 5.32 Å². The Morgan fingerprint density at radius 2 is 1.89 bits per heavy atom. The van der Waals surface area contributed by atoms with Crippen molar-refractivity contribution in [3.05, 3.63) is 47.9 Å². The standard InChI is InChI=1S/C14H16N2O2S/c1-10(17)16-11-2-6-14(7-3-11)19-9-13-5-4-12(8-15)18-13/h2-7H,8-9,15H2,1H3,(H,16,17). The predicted molar refractivity (Wildman–Crippen MR) is 76.9 cm³/mol. The molecule has 0 spiro atoms. The first-order valence-corrected chi connectivity index (χ1v) is 6.94. The average molecular weight is 276 g/mol. The van der Waals surface area contributed by atoms with Crippen molar-refractivity contribution in [2.24, 2.45) is 5.73 Å². The highest BCUT2D eigenvalue weighted by atomic mass is 32.2. The quantitative estimate of drug-likeness (QED) is 0.824. The Morgan fingerprint density at radius 3 is 2.47 bits per heavy atom. The Kier molecular flexibility index (Phi) is 4.65. The van der Waals surface area contributed by atoms with Gasteiger partial charge in [-0.2, -0.15) is 0 Å². The Bertz CT molecular complexity index is 549. The summed E-state index contributed by atoms with van der Waals surface area (Å²) in [5, 5.41) is 2.74. The number of hydrogen-bond donors (Lipinski definition) is 2. The highest BCUT2D eigenvalue weighted by Crippen LogP contribution is 2.25. The monoisotopic (exact) mass is 276 g/mol. The number of amides is 1.